The monoisotopic (exact) mass is 414 g/mol. The lowest BCUT2D eigenvalue weighted by Gasteiger charge is -2.28. The van der Waals surface area contributed by atoms with Crippen molar-refractivity contribution in [1.82, 2.24) is 9.97 Å². The van der Waals surface area contributed by atoms with Crippen molar-refractivity contribution in [3.63, 3.8) is 0 Å². The molecule has 4 heteroatoms. The van der Waals surface area contributed by atoms with E-state index in [2.05, 4.69) is 24.9 Å². The summed E-state index contributed by atoms with van der Waals surface area (Å²) in [5.74, 6) is 2.97. The standard InChI is InChI=1S/C25H35ClN2O/c1-3-5-7-8-19-9-11-20(12-10-19)23-15-16-27-25(28-23)21-13-14-24(22(26)18-21)29-17-6-4-2/h13-16,18-20H,3-12,17H2,1-2H3. The number of hydrogen-bond donors (Lipinski definition) is 0. The molecule has 0 spiro atoms. The Hall–Kier alpha value is -1.61. The lowest BCUT2D eigenvalue weighted by Crippen LogP contribution is -2.14. The van der Waals surface area contributed by atoms with E-state index in [4.69, 9.17) is 21.3 Å². The molecule has 1 aliphatic rings. The topological polar surface area (TPSA) is 35.0 Å². The van der Waals surface area contributed by atoms with Crippen molar-refractivity contribution >= 4 is 11.6 Å². The van der Waals surface area contributed by atoms with Crippen molar-refractivity contribution in [3.05, 3.63) is 41.2 Å². The molecule has 0 unspecified atom stereocenters. The maximum atomic E-state index is 6.43. The molecule has 0 N–H and O–H groups in total. The van der Waals surface area contributed by atoms with Crippen molar-refractivity contribution in [2.45, 2.75) is 84.0 Å². The molecule has 1 aromatic carbocycles. The summed E-state index contributed by atoms with van der Waals surface area (Å²) in [6.45, 7) is 5.13. The third kappa shape index (κ3) is 6.44. The van der Waals surface area contributed by atoms with Crippen LogP contribution in [0.4, 0.5) is 0 Å². The van der Waals surface area contributed by atoms with Gasteiger partial charge in [0.2, 0.25) is 0 Å². The zero-order chi connectivity index (χ0) is 20.5. The second-order valence-corrected chi connectivity index (χ2v) is 8.77. The van der Waals surface area contributed by atoms with Gasteiger partial charge < -0.3 is 4.74 Å². The molecule has 1 saturated carbocycles. The maximum Gasteiger partial charge on any atom is 0.159 e. The van der Waals surface area contributed by atoms with Gasteiger partial charge in [0.1, 0.15) is 5.75 Å². The fourth-order valence-electron chi connectivity index (χ4n) is 4.25. The molecule has 0 atom stereocenters. The molecule has 3 nitrogen and oxygen atoms in total. The fourth-order valence-corrected chi connectivity index (χ4v) is 4.49. The van der Waals surface area contributed by atoms with Gasteiger partial charge in [-0.05, 0) is 62.3 Å². The lowest BCUT2D eigenvalue weighted by atomic mass is 9.78. The summed E-state index contributed by atoms with van der Waals surface area (Å²) in [7, 11) is 0. The van der Waals surface area contributed by atoms with Crippen molar-refractivity contribution in [2.75, 3.05) is 6.61 Å². The van der Waals surface area contributed by atoms with Gasteiger partial charge in [0.25, 0.3) is 0 Å². The Morgan fingerprint density at radius 1 is 1.00 bits per heavy atom. The zero-order valence-electron chi connectivity index (χ0n) is 18.0. The predicted molar refractivity (Wildman–Crippen MR) is 122 cm³/mol. The van der Waals surface area contributed by atoms with E-state index < -0.39 is 0 Å². The number of nitrogens with zero attached hydrogens (tertiary/aromatic N) is 2. The summed E-state index contributed by atoms with van der Waals surface area (Å²) in [6, 6.07) is 7.96. The van der Waals surface area contributed by atoms with Gasteiger partial charge in [0, 0.05) is 23.4 Å². The van der Waals surface area contributed by atoms with E-state index >= 15 is 0 Å². The number of benzene rings is 1. The van der Waals surface area contributed by atoms with Crippen LogP contribution >= 0.6 is 11.6 Å². The van der Waals surface area contributed by atoms with Gasteiger partial charge in [0.15, 0.2) is 5.82 Å². The Kier molecular flexibility index (Phi) is 8.79. The molecule has 0 amide bonds. The predicted octanol–water partition coefficient (Wildman–Crippen LogP) is 7.83. The fraction of sp³-hybridized carbons (Fsp3) is 0.600. The summed E-state index contributed by atoms with van der Waals surface area (Å²) >= 11 is 6.43. The zero-order valence-corrected chi connectivity index (χ0v) is 18.8. The minimum atomic E-state index is 0.561. The number of halogens is 1. The number of unbranched alkanes of at least 4 members (excludes halogenated alkanes) is 3. The molecule has 0 radical (unpaired) electrons. The summed E-state index contributed by atoms with van der Waals surface area (Å²) in [6.07, 6.45) is 14.7. The van der Waals surface area contributed by atoms with Crippen LogP contribution in [0.5, 0.6) is 5.75 Å². The number of ether oxygens (including phenoxy) is 1. The highest BCUT2D eigenvalue weighted by Crippen LogP contribution is 2.37. The smallest absolute Gasteiger partial charge is 0.159 e. The van der Waals surface area contributed by atoms with Crippen LogP contribution in [-0.4, -0.2) is 16.6 Å². The van der Waals surface area contributed by atoms with Crippen LogP contribution < -0.4 is 4.74 Å². The second-order valence-electron chi connectivity index (χ2n) is 8.37. The number of rotatable bonds is 10. The minimum Gasteiger partial charge on any atom is -0.492 e. The molecule has 1 heterocycles. The molecule has 1 fully saturated rings. The maximum absolute atomic E-state index is 6.43. The largest absolute Gasteiger partial charge is 0.492 e. The van der Waals surface area contributed by atoms with E-state index in [9.17, 15) is 0 Å². The quantitative estimate of drug-likeness (QED) is 0.371. The van der Waals surface area contributed by atoms with Gasteiger partial charge in [-0.3, -0.25) is 0 Å². The van der Waals surface area contributed by atoms with E-state index in [1.165, 1.54) is 57.1 Å². The summed E-state index contributed by atoms with van der Waals surface area (Å²) in [4.78, 5) is 9.41. The van der Waals surface area contributed by atoms with Crippen LogP contribution in [0.15, 0.2) is 30.5 Å². The van der Waals surface area contributed by atoms with Crippen LogP contribution in [0.25, 0.3) is 11.4 Å². The van der Waals surface area contributed by atoms with Crippen molar-refractivity contribution in [2.24, 2.45) is 5.92 Å². The molecular weight excluding hydrogens is 380 g/mol. The van der Waals surface area contributed by atoms with Crippen LogP contribution in [-0.2, 0) is 0 Å². The molecular formula is C25H35ClN2O. The average Bonchev–Trinajstić information content (AvgIpc) is 2.76. The summed E-state index contributed by atoms with van der Waals surface area (Å²) < 4.78 is 5.76. The molecule has 2 aromatic rings. The van der Waals surface area contributed by atoms with Gasteiger partial charge in [-0.1, -0.05) is 57.6 Å². The first-order chi connectivity index (χ1) is 14.2. The normalized spacial score (nSPS) is 19.3. The van der Waals surface area contributed by atoms with Crippen LogP contribution in [0.3, 0.4) is 0 Å². The Bertz CT molecular complexity index is 756. The third-order valence-electron chi connectivity index (χ3n) is 6.10. The lowest BCUT2D eigenvalue weighted by molar-refractivity contribution is 0.300. The minimum absolute atomic E-state index is 0.561. The van der Waals surface area contributed by atoms with Crippen LogP contribution in [0, 0.1) is 5.92 Å². The Labute approximate surface area is 181 Å². The molecule has 0 aliphatic heterocycles. The Balaban J connectivity index is 1.62. The molecule has 1 aromatic heterocycles. The molecule has 158 valence electrons. The van der Waals surface area contributed by atoms with Crippen molar-refractivity contribution in [1.29, 1.82) is 0 Å². The SMILES string of the molecule is CCCCCC1CCC(c2ccnc(-c3ccc(OCCCC)c(Cl)c3)n2)CC1. The molecule has 3 rings (SSSR count). The van der Waals surface area contributed by atoms with E-state index in [0.717, 1.165) is 35.9 Å². The first-order valence-electron chi connectivity index (χ1n) is 11.5. The van der Waals surface area contributed by atoms with Gasteiger partial charge in [-0.2, -0.15) is 0 Å². The third-order valence-corrected chi connectivity index (χ3v) is 6.40. The van der Waals surface area contributed by atoms with Crippen molar-refractivity contribution < 1.29 is 4.74 Å². The first-order valence-corrected chi connectivity index (χ1v) is 11.8. The van der Waals surface area contributed by atoms with E-state index in [-0.39, 0.29) is 0 Å². The Morgan fingerprint density at radius 3 is 2.52 bits per heavy atom. The van der Waals surface area contributed by atoms with E-state index in [1.807, 2.05) is 24.4 Å². The van der Waals surface area contributed by atoms with Crippen molar-refractivity contribution in [3.8, 4) is 17.1 Å². The molecule has 1 aliphatic carbocycles. The highest BCUT2D eigenvalue weighted by Gasteiger charge is 2.23. The highest BCUT2D eigenvalue weighted by molar-refractivity contribution is 6.32. The number of hydrogen-bond acceptors (Lipinski definition) is 3. The Morgan fingerprint density at radius 2 is 1.79 bits per heavy atom. The van der Waals surface area contributed by atoms with E-state index in [0.29, 0.717) is 17.5 Å². The molecule has 29 heavy (non-hydrogen) atoms. The van der Waals surface area contributed by atoms with Crippen LogP contribution in [0.2, 0.25) is 5.02 Å². The molecule has 0 bridgehead atoms. The highest BCUT2D eigenvalue weighted by atomic mass is 35.5. The summed E-state index contributed by atoms with van der Waals surface area (Å²) in [5.41, 5.74) is 2.13. The number of aromatic nitrogens is 2. The van der Waals surface area contributed by atoms with E-state index in [1.54, 1.807) is 0 Å². The van der Waals surface area contributed by atoms with Gasteiger partial charge in [-0.25, -0.2) is 9.97 Å². The second kappa shape index (κ2) is 11.5. The molecule has 0 saturated heterocycles. The summed E-state index contributed by atoms with van der Waals surface area (Å²) in [5, 5.41) is 0.625. The van der Waals surface area contributed by atoms with Gasteiger partial charge >= 0.3 is 0 Å². The average molecular weight is 415 g/mol. The van der Waals surface area contributed by atoms with Crippen LogP contribution in [0.1, 0.15) is 89.7 Å². The first kappa shape index (κ1) is 22.1. The van der Waals surface area contributed by atoms with Gasteiger partial charge in [0.05, 0.1) is 11.6 Å². The van der Waals surface area contributed by atoms with Gasteiger partial charge in [-0.15, -0.1) is 0 Å².